The molecule has 0 radical (unpaired) electrons. The first kappa shape index (κ1) is 16.3. The number of rotatable bonds is 4. The van der Waals surface area contributed by atoms with E-state index >= 15 is 0 Å². The second-order valence-corrected chi connectivity index (χ2v) is 6.38. The molecule has 0 bridgehead atoms. The van der Waals surface area contributed by atoms with E-state index in [1.165, 1.54) is 0 Å². The van der Waals surface area contributed by atoms with E-state index in [0.717, 1.165) is 48.9 Å². The Morgan fingerprint density at radius 3 is 2.81 bits per heavy atom. The first-order chi connectivity index (χ1) is 12.8. The third kappa shape index (κ3) is 3.72. The number of para-hydroxylation sites is 1. The maximum absolute atomic E-state index is 5.74. The standard InChI is InChI=1S/C19H21N7/c20-19-21-9-8-16(25-19)14-5-4-10-26(12-14)18-11-17(22-13-23-18)24-15-6-2-1-3-7-15/h1-3,6-9,11,13-14H,4-5,10,12H2,(H2,20,21,25)(H,22,23,24). The second kappa shape index (κ2) is 7.35. The Balaban J connectivity index is 1.51. The molecule has 1 aliphatic rings. The van der Waals surface area contributed by atoms with Gasteiger partial charge < -0.3 is 16.0 Å². The van der Waals surface area contributed by atoms with E-state index in [1.807, 2.05) is 42.5 Å². The molecule has 1 atom stereocenters. The van der Waals surface area contributed by atoms with Gasteiger partial charge in [-0.05, 0) is 31.0 Å². The average molecular weight is 347 g/mol. The molecule has 132 valence electrons. The summed E-state index contributed by atoms with van der Waals surface area (Å²) >= 11 is 0. The lowest BCUT2D eigenvalue weighted by Gasteiger charge is -2.33. The fraction of sp³-hybridized carbons (Fsp3) is 0.263. The number of piperidine rings is 1. The number of anilines is 4. The van der Waals surface area contributed by atoms with Crippen molar-refractivity contribution in [2.75, 3.05) is 29.0 Å². The summed E-state index contributed by atoms with van der Waals surface area (Å²) in [4.78, 5) is 19.5. The number of hydrogen-bond acceptors (Lipinski definition) is 7. The number of nitrogens with two attached hydrogens (primary N) is 1. The van der Waals surface area contributed by atoms with Crippen LogP contribution in [-0.4, -0.2) is 33.0 Å². The third-order valence-electron chi connectivity index (χ3n) is 4.56. The summed E-state index contributed by atoms with van der Waals surface area (Å²) in [5, 5.41) is 3.32. The molecule has 7 nitrogen and oxygen atoms in total. The van der Waals surface area contributed by atoms with E-state index in [0.29, 0.717) is 11.9 Å². The van der Waals surface area contributed by atoms with Crippen LogP contribution in [0.25, 0.3) is 0 Å². The van der Waals surface area contributed by atoms with Gasteiger partial charge in [-0.2, -0.15) is 0 Å². The van der Waals surface area contributed by atoms with Gasteiger partial charge >= 0.3 is 0 Å². The monoisotopic (exact) mass is 347 g/mol. The first-order valence-corrected chi connectivity index (χ1v) is 8.75. The van der Waals surface area contributed by atoms with E-state index in [4.69, 9.17) is 5.73 Å². The van der Waals surface area contributed by atoms with Crippen LogP contribution in [0.2, 0.25) is 0 Å². The van der Waals surface area contributed by atoms with Crippen molar-refractivity contribution in [1.82, 2.24) is 19.9 Å². The zero-order chi connectivity index (χ0) is 17.8. The zero-order valence-electron chi connectivity index (χ0n) is 14.4. The Kier molecular flexibility index (Phi) is 4.59. The van der Waals surface area contributed by atoms with Crippen LogP contribution in [0.15, 0.2) is 55.0 Å². The quantitative estimate of drug-likeness (QED) is 0.749. The Bertz CT molecular complexity index is 869. The van der Waals surface area contributed by atoms with Crippen LogP contribution < -0.4 is 16.0 Å². The minimum absolute atomic E-state index is 0.328. The third-order valence-corrected chi connectivity index (χ3v) is 4.56. The Labute approximate surface area is 152 Å². The normalized spacial score (nSPS) is 17.1. The highest BCUT2D eigenvalue weighted by molar-refractivity contribution is 5.59. The van der Waals surface area contributed by atoms with E-state index in [2.05, 4.69) is 30.2 Å². The summed E-state index contributed by atoms with van der Waals surface area (Å²) in [6.45, 7) is 1.83. The molecule has 0 aliphatic carbocycles. The van der Waals surface area contributed by atoms with Gasteiger partial charge in [0.05, 0.1) is 5.69 Å². The highest BCUT2D eigenvalue weighted by Crippen LogP contribution is 2.29. The molecule has 0 saturated carbocycles. The van der Waals surface area contributed by atoms with Crippen LogP contribution in [0.1, 0.15) is 24.5 Å². The van der Waals surface area contributed by atoms with Gasteiger partial charge in [0.15, 0.2) is 0 Å². The van der Waals surface area contributed by atoms with Gasteiger partial charge in [-0.1, -0.05) is 18.2 Å². The summed E-state index contributed by atoms with van der Waals surface area (Å²) < 4.78 is 0. The Morgan fingerprint density at radius 2 is 1.96 bits per heavy atom. The number of nitrogens with one attached hydrogen (secondary N) is 1. The average Bonchev–Trinajstić information content (AvgIpc) is 2.69. The molecular formula is C19H21N7. The molecule has 3 N–H and O–H groups in total. The fourth-order valence-electron chi connectivity index (χ4n) is 3.30. The van der Waals surface area contributed by atoms with Crippen LogP contribution in [0.5, 0.6) is 0 Å². The van der Waals surface area contributed by atoms with E-state index in [-0.39, 0.29) is 0 Å². The minimum Gasteiger partial charge on any atom is -0.368 e. The molecule has 2 aromatic heterocycles. The largest absolute Gasteiger partial charge is 0.368 e. The highest BCUT2D eigenvalue weighted by atomic mass is 15.2. The molecule has 1 saturated heterocycles. The van der Waals surface area contributed by atoms with Crippen LogP contribution in [0, 0.1) is 0 Å². The van der Waals surface area contributed by atoms with Crippen LogP contribution >= 0.6 is 0 Å². The minimum atomic E-state index is 0.328. The molecule has 3 aromatic rings. The smallest absolute Gasteiger partial charge is 0.220 e. The van der Waals surface area contributed by atoms with Crippen LogP contribution in [0.4, 0.5) is 23.3 Å². The maximum Gasteiger partial charge on any atom is 0.220 e. The predicted octanol–water partition coefficient (Wildman–Crippen LogP) is 2.98. The SMILES string of the molecule is Nc1nccc(C2CCCN(c3cc(Nc4ccccc4)ncn3)C2)n1. The van der Waals surface area contributed by atoms with Crippen molar-refractivity contribution in [2.24, 2.45) is 0 Å². The van der Waals surface area contributed by atoms with Crippen LogP contribution in [0.3, 0.4) is 0 Å². The van der Waals surface area contributed by atoms with Crippen molar-refractivity contribution in [1.29, 1.82) is 0 Å². The van der Waals surface area contributed by atoms with Crippen molar-refractivity contribution < 1.29 is 0 Å². The molecule has 3 heterocycles. The molecule has 1 aromatic carbocycles. The van der Waals surface area contributed by atoms with E-state index in [9.17, 15) is 0 Å². The van der Waals surface area contributed by atoms with Gasteiger partial charge in [-0.3, -0.25) is 0 Å². The lowest BCUT2D eigenvalue weighted by molar-refractivity contribution is 0.498. The van der Waals surface area contributed by atoms with Crippen molar-refractivity contribution in [3.05, 3.63) is 60.7 Å². The lowest BCUT2D eigenvalue weighted by Crippen LogP contribution is -2.35. The van der Waals surface area contributed by atoms with Crippen molar-refractivity contribution in [2.45, 2.75) is 18.8 Å². The first-order valence-electron chi connectivity index (χ1n) is 8.75. The van der Waals surface area contributed by atoms with Crippen molar-refractivity contribution in [3.8, 4) is 0 Å². The van der Waals surface area contributed by atoms with E-state index < -0.39 is 0 Å². The topological polar surface area (TPSA) is 92.8 Å². The van der Waals surface area contributed by atoms with Gasteiger partial charge in [-0.25, -0.2) is 19.9 Å². The zero-order valence-corrected chi connectivity index (χ0v) is 14.4. The summed E-state index contributed by atoms with van der Waals surface area (Å²) in [6.07, 6.45) is 5.50. The Morgan fingerprint density at radius 1 is 1.08 bits per heavy atom. The molecule has 1 unspecified atom stereocenters. The summed E-state index contributed by atoms with van der Waals surface area (Å²) in [5.74, 6) is 2.37. The molecule has 0 amide bonds. The van der Waals surface area contributed by atoms with Gasteiger partial charge in [0, 0.05) is 37.0 Å². The molecule has 1 aliphatic heterocycles. The maximum atomic E-state index is 5.74. The molecule has 0 spiro atoms. The highest BCUT2D eigenvalue weighted by Gasteiger charge is 2.23. The molecule has 26 heavy (non-hydrogen) atoms. The molecule has 1 fully saturated rings. The number of nitrogen functional groups attached to an aromatic ring is 1. The number of hydrogen-bond donors (Lipinski definition) is 2. The number of nitrogens with zero attached hydrogens (tertiary/aromatic N) is 5. The van der Waals surface area contributed by atoms with Crippen LogP contribution in [-0.2, 0) is 0 Å². The molecular weight excluding hydrogens is 326 g/mol. The predicted molar refractivity (Wildman–Crippen MR) is 102 cm³/mol. The van der Waals surface area contributed by atoms with E-state index in [1.54, 1.807) is 12.5 Å². The molecule has 7 heteroatoms. The Hall–Kier alpha value is -3.22. The summed E-state index contributed by atoms with van der Waals surface area (Å²) in [7, 11) is 0. The van der Waals surface area contributed by atoms with Gasteiger partial charge in [0.25, 0.3) is 0 Å². The van der Waals surface area contributed by atoms with Crippen molar-refractivity contribution >= 4 is 23.3 Å². The van der Waals surface area contributed by atoms with Gasteiger partial charge in [0.1, 0.15) is 18.0 Å². The fourth-order valence-corrected chi connectivity index (χ4v) is 3.30. The number of aromatic nitrogens is 4. The summed E-state index contributed by atoms with van der Waals surface area (Å²) in [6, 6.07) is 13.9. The summed E-state index contributed by atoms with van der Waals surface area (Å²) in [5.41, 5.74) is 7.74. The van der Waals surface area contributed by atoms with Gasteiger partial charge in [0.2, 0.25) is 5.95 Å². The number of benzene rings is 1. The second-order valence-electron chi connectivity index (χ2n) is 6.38. The van der Waals surface area contributed by atoms with Gasteiger partial charge in [-0.15, -0.1) is 0 Å². The van der Waals surface area contributed by atoms with Crippen molar-refractivity contribution in [3.63, 3.8) is 0 Å². The lowest BCUT2D eigenvalue weighted by atomic mass is 9.94. The molecule has 4 rings (SSSR count).